The lowest BCUT2D eigenvalue weighted by molar-refractivity contribution is -0.131. The number of benzene rings is 1. The lowest BCUT2D eigenvalue weighted by atomic mass is 10.1. The Morgan fingerprint density at radius 3 is 2.55 bits per heavy atom. The highest BCUT2D eigenvalue weighted by Gasteiger charge is 2.20. The fraction of sp³-hybridized carbons (Fsp3) is 0.500. The predicted molar refractivity (Wildman–Crippen MR) is 86.7 cm³/mol. The minimum atomic E-state index is -0.0790. The van der Waals surface area contributed by atoms with Gasteiger partial charge in [0.05, 0.1) is 12.6 Å². The Hall–Kier alpha value is -1.59. The third-order valence-electron chi connectivity index (χ3n) is 3.91. The number of carbonyl (C=O) groups is 2. The molecule has 2 amide bonds. The molecule has 22 heavy (non-hydrogen) atoms. The molecule has 0 aliphatic carbocycles. The van der Waals surface area contributed by atoms with E-state index in [1.165, 1.54) is 0 Å². The maximum Gasteiger partial charge on any atom is 0.234 e. The number of halogens is 1. The molecular weight excluding hydrogens is 302 g/mol. The van der Waals surface area contributed by atoms with Gasteiger partial charge in [-0.15, -0.1) is 0 Å². The van der Waals surface area contributed by atoms with Crippen LogP contribution in [0.5, 0.6) is 0 Å². The molecule has 0 bridgehead atoms. The van der Waals surface area contributed by atoms with Gasteiger partial charge < -0.3 is 10.2 Å². The van der Waals surface area contributed by atoms with Crippen molar-refractivity contribution in [1.29, 1.82) is 0 Å². The molecule has 0 saturated carbocycles. The van der Waals surface area contributed by atoms with Gasteiger partial charge in [0, 0.05) is 38.1 Å². The molecule has 1 aliphatic rings. The number of hydrogen-bond donors (Lipinski definition) is 1. The molecule has 1 heterocycles. The second-order valence-electron chi connectivity index (χ2n) is 5.63. The summed E-state index contributed by atoms with van der Waals surface area (Å²) in [6, 6.07) is 7.42. The molecule has 1 aromatic rings. The number of piperazine rings is 1. The molecule has 6 heteroatoms. The Morgan fingerprint density at radius 2 is 1.95 bits per heavy atom. The van der Waals surface area contributed by atoms with Crippen molar-refractivity contribution in [3.63, 3.8) is 0 Å². The van der Waals surface area contributed by atoms with Crippen molar-refractivity contribution in [3.8, 4) is 0 Å². The zero-order valence-corrected chi connectivity index (χ0v) is 13.8. The van der Waals surface area contributed by atoms with E-state index in [2.05, 4.69) is 10.2 Å². The Labute approximate surface area is 136 Å². The summed E-state index contributed by atoms with van der Waals surface area (Å²) in [5.74, 6) is 0.0856. The van der Waals surface area contributed by atoms with E-state index in [1.807, 2.05) is 36.1 Å². The first-order chi connectivity index (χ1) is 10.5. The van der Waals surface area contributed by atoms with Crippen molar-refractivity contribution in [2.45, 2.75) is 19.9 Å². The van der Waals surface area contributed by atoms with Gasteiger partial charge in [-0.05, 0) is 24.6 Å². The van der Waals surface area contributed by atoms with E-state index in [4.69, 9.17) is 11.6 Å². The first-order valence-corrected chi connectivity index (χ1v) is 7.86. The summed E-state index contributed by atoms with van der Waals surface area (Å²) in [4.78, 5) is 27.3. The van der Waals surface area contributed by atoms with E-state index in [0.29, 0.717) is 24.7 Å². The summed E-state index contributed by atoms with van der Waals surface area (Å²) in [5.41, 5.74) is 0.988. The van der Waals surface area contributed by atoms with Crippen LogP contribution in [0.1, 0.15) is 25.5 Å². The molecule has 0 aromatic heterocycles. The average molecular weight is 324 g/mol. The molecule has 1 atom stereocenters. The molecule has 0 spiro atoms. The van der Waals surface area contributed by atoms with E-state index in [-0.39, 0.29) is 17.9 Å². The van der Waals surface area contributed by atoms with Crippen LogP contribution in [0.2, 0.25) is 5.02 Å². The van der Waals surface area contributed by atoms with Crippen molar-refractivity contribution >= 4 is 23.4 Å². The molecule has 1 aromatic carbocycles. The second kappa shape index (κ2) is 7.61. The molecule has 0 radical (unpaired) electrons. The zero-order chi connectivity index (χ0) is 16.1. The van der Waals surface area contributed by atoms with Crippen LogP contribution >= 0.6 is 11.6 Å². The Kier molecular flexibility index (Phi) is 5.80. The number of nitrogens with zero attached hydrogens (tertiary/aromatic N) is 2. The van der Waals surface area contributed by atoms with Gasteiger partial charge >= 0.3 is 0 Å². The Morgan fingerprint density at radius 1 is 1.27 bits per heavy atom. The van der Waals surface area contributed by atoms with Crippen LogP contribution in [0, 0.1) is 0 Å². The molecule has 2 rings (SSSR count). The van der Waals surface area contributed by atoms with Crippen molar-refractivity contribution in [1.82, 2.24) is 15.1 Å². The van der Waals surface area contributed by atoms with Crippen LogP contribution in [0.4, 0.5) is 0 Å². The quantitative estimate of drug-likeness (QED) is 0.917. The van der Waals surface area contributed by atoms with Crippen molar-refractivity contribution in [2.75, 3.05) is 32.7 Å². The highest BCUT2D eigenvalue weighted by Crippen LogP contribution is 2.17. The first kappa shape index (κ1) is 16.8. The monoisotopic (exact) mass is 323 g/mol. The van der Waals surface area contributed by atoms with Crippen molar-refractivity contribution < 1.29 is 9.59 Å². The van der Waals surface area contributed by atoms with Crippen molar-refractivity contribution in [2.24, 2.45) is 0 Å². The van der Waals surface area contributed by atoms with Crippen molar-refractivity contribution in [3.05, 3.63) is 34.9 Å². The summed E-state index contributed by atoms with van der Waals surface area (Å²) < 4.78 is 0. The molecule has 1 aliphatic heterocycles. The summed E-state index contributed by atoms with van der Waals surface area (Å²) in [6.07, 6.45) is 0. The van der Waals surface area contributed by atoms with Gasteiger partial charge in [0.2, 0.25) is 11.8 Å². The maximum atomic E-state index is 12.1. The van der Waals surface area contributed by atoms with E-state index >= 15 is 0 Å². The minimum Gasteiger partial charge on any atom is -0.348 e. The smallest absolute Gasteiger partial charge is 0.234 e. The van der Waals surface area contributed by atoms with Crippen LogP contribution in [0.3, 0.4) is 0 Å². The highest BCUT2D eigenvalue weighted by molar-refractivity contribution is 6.30. The Balaban J connectivity index is 1.80. The summed E-state index contributed by atoms with van der Waals surface area (Å²) in [7, 11) is 0. The maximum absolute atomic E-state index is 12.1. The minimum absolute atomic E-state index is 0.0104. The molecule has 1 fully saturated rings. The number of carbonyl (C=O) groups excluding carboxylic acids is 2. The number of nitrogens with one attached hydrogen (secondary N) is 1. The zero-order valence-electron chi connectivity index (χ0n) is 13.0. The highest BCUT2D eigenvalue weighted by atomic mass is 35.5. The SMILES string of the molecule is CC(=O)N1CCN(CC(=O)N[C@H](C)c2cccc(Cl)c2)CC1. The lowest BCUT2D eigenvalue weighted by Gasteiger charge is -2.33. The molecule has 1 saturated heterocycles. The van der Waals surface area contributed by atoms with Crippen LogP contribution in [-0.4, -0.2) is 54.3 Å². The third-order valence-corrected chi connectivity index (χ3v) is 4.15. The number of amides is 2. The van der Waals surface area contributed by atoms with Crippen LogP contribution in [0.25, 0.3) is 0 Å². The fourth-order valence-corrected chi connectivity index (χ4v) is 2.77. The van der Waals surface area contributed by atoms with E-state index in [0.717, 1.165) is 18.7 Å². The van der Waals surface area contributed by atoms with Gasteiger partial charge in [0.15, 0.2) is 0 Å². The molecule has 120 valence electrons. The van der Waals surface area contributed by atoms with E-state index in [1.54, 1.807) is 6.92 Å². The third kappa shape index (κ3) is 4.71. The van der Waals surface area contributed by atoms with E-state index < -0.39 is 0 Å². The average Bonchev–Trinajstić information content (AvgIpc) is 2.47. The fourth-order valence-electron chi connectivity index (χ4n) is 2.57. The van der Waals surface area contributed by atoms with Crippen LogP contribution < -0.4 is 5.32 Å². The lowest BCUT2D eigenvalue weighted by Crippen LogP contribution is -2.50. The number of hydrogen-bond acceptors (Lipinski definition) is 3. The predicted octanol–water partition coefficient (Wildman–Crippen LogP) is 1.68. The van der Waals surface area contributed by atoms with Gasteiger partial charge in [0.1, 0.15) is 0 Å². The number of rotatable bonds is 4. The summed E-state index contributed by atoms with van der Waals surface area (Å²) in [6.45, 7) is 6.72. The second-order valence-corrected chi connectivity index (χ2v) is 6.06. The summed E-state index contributed by atoms with van der Waals surface area (Å²) in [5, 5.41) is 3.65. The van der Waals surface area contributed by atoms with Gasteiger partial charge in [-0.1, -0.05) is 23.7 Å². The van der Waals surface area contributed by atoms with E-state index in [9.17, 15) is 9.59 Å². The standard InChI is InChI=1S/C16H22ClN3O2/c1-12(14-4-3-5-15(17)10-14)18-16(22)11-19-6-8-20(9-7-19)13(2)21/h3-5,10,12H,6-9,11H2,1-2H3,(H,18,22)/t12-/m1/s1. The van der Waals surface area contributed by atoms with Gasteiger partial charge in [-0.2, -0.15) is 0 Å². The van der Waals surface area contributed by atoms with Crippen LogP contribution in [0.15, 0.2) is 24.3 Å². The first-order valence-electron chi connectivity index (χ1n) is 7.48. The topological polar surface area (TPSA) is 52.7 Å². The van der Waals surface area contributed by atoms with Gasteiger partial charge in [-0.25, -0.2) is 0 Å². The van der Waals surface area contributed by atoms with Gasteiger partial charge in [0.25, 0.3) is 0 Å². The van der Waals surface area contributed by atoms with Crippen LogP contribution in [-0.2, 0) is 9.59 Å². The Bertz CT molecular complexity index is 542. The normalized spacial score (nSPS) is 17.1. The summed E-state index contributed by atoms with van der Waals surface area (Å²) >= 11 is 5.97. The molecule has 1 N–H and O–H groups in total. The molecular formula is C16H22ClN3O2. The molecule has 0 unspecified atom stereocenters. The molecule has 5 nitrogen and oxygen atoms in total. The largest absolute Gasteiger partial charge is 0.348 e. The van der Waals surface area contributed by atoms with Gasteiger partial charge in [-0.3, -0.25) is 14.5 Å².